The van der Waals surface area contributed by atoms with E-state index in [1.165, 1.54) is 6.92 Å². The number of ether oxygens (including phenoxy) is 1. The number of rotatable bonds is 8. The first-order valence-corrected chi connectivity index (χ1v) is 10.1. The van der Waals surface area contributed by atoms with Gasteiger partial charge in [0.2, 0.25) is 0 Å². The fourth-order valence-corrected chi connectivity index (χ4v) is 4.37. The Kier molecular flexibility index (Phi) is 6.54. The molecular formula is C14H20O5S2. The molecule has 0 aromatic heterocycles. The highest BCUT2D eigenvalue weighted by Crippen LogP contribution is 2.22. The Balaban J connectivity index is 2.90. The number of carbonyl (C=O) groups is 1. The second-order valence-electron chi connectivity index (χ2n) is 4.73. The molecule has 5 nitrogen and oxygen atoms in total. The maximum absolute atomic E-state index is 12.0. The van der Waals surface area contributed by atoms with E-state index in [0.29, 0.717) is 23.5 Å². The maximum Gasteiger partial charge on any atom is 0.159 e. The molecule has 0 heterocycles. The van der Waals surface area contributed by atoms with E-state index in [4.69, 9.17) is 4.74 Å². The van der Waals surface area contributed by atoms with Crippen LogP contribution in [0.3, 0.4) is 0 Å². The van der Waals surface area contributed by atoms with E-state index in [1.54, 1.807) is 18.2 Å². The zero-order chi connectivity index (χ0) is 16.0. The molecule has 0 N–H and O–H groups in total. The Morgan fingerprint density at radius 1 is 1.33 bits per heavy atom. The van der Waals surface area contributed by atoms with Crippen molar-refractivity contribution in [3.8, 4) is 5.75 Å². The highest BCUT2D eigenvalue weighted by molar-refractivity contribution is 7.92. The Morgan fingerprint density at radius 3 is 2.52 bits per heavy atom. The fraction of sp³-hybridized carbons (Fsp3) is 0.500. The predicted octanol–water partition coefficient (Wildman–Crippen LogP) is 1.58. The average Bonchev–Trinajstić information content (AvgIpc) is 2.37. The van der Waals surface area contributed by atoms with Gasteiger partial charge in [0.1, 0.15) is 15.6 Å². The average molecular weight is 332 g/mol. The minimum absolute atomic E-state index is 0.0781. The second kappa shape index (κ2) is 7.70. The van der Waals surface area contributed by atoms with Gasteiger partial charge in [-0.1, -0.05) is 0 Å². The topological polar surface area (TPSA) is 77.5 Å². The van der Waals surface area contributed by atoms with Crippen molar-refractivity contribution in [2.75, 3.05) is 24.4 Å². The van der Waals surface area contributed by atoms with Crippen molar-refractivity contribution in [2.24, 2.45) is 0 Å². The summed E-state index contributed by atoms with van der Waals surface area (Å²) in [5.74, 6) is 0.632. The lowest BCUT2D eigenvalue weighted by Crippen LogP contribution is -2.13. The highest BCUT2D eigenvalue weighted by atomic mass is 32.2. The summed E-state index contributed by atoms with van der Waals surface area (Å²) in [7, 11) is -4.46. The number of hydrogen-bond acceptors (Lipinski definition) is 5. The van der Waals surface area contributed by atoms with Crippen LogP contribution in [-0.2, 0) is 26.4 Å². The van der Waals surface area contributed by atoms with Crippen LogP contribution < -0.4 is 4.74 Å². The molecule has 0 aliphatic carbocycles. The van der Waals surface area contributed by atoms with Crippen LogP contribution in [0.15, 0.2) is 18.2 Å². The number of carbonyl (C=O) groups excluding carboxylic acids is 1. The lowest BCUT2D eigenvalue weighted by molar-refractivity contribution is 0.101. The highest BCUT2D eigenvalue weighted by Gasteiger charge is 2.13. The molecule has 0 amide bonds. The van der Waals surface area contributed by atoms with E-state index in [9.17, 15) is 17.4 Å². The molecule has 118 valence electrons. The maximum atomic E-state index is 12.0. The molecular weight excluding hydrogens is 312 g/mol. The molecule has 0 saturated carbocycles. The molecule has 0 bridgehead atoms. The summed E-state index contributed by atoms with van der Waals surface area (Å²) in [5.41, 5.74) is 1.19. The van der Waals surface area contributed by atoms with Crippen LogP contribution in [0.5, 0.6) is 5.75 Å². The third kappa shape index (κ3) is 6.39. The summed E-state index contributed by atoms with van der Waals surface area (Å²) in [6.07, 6.45) is 1.12. The number of benzene rings is 1. The molecule has 0 aliphatic heterocycles. The standard InChI is InChI=1S/C14H20O5S2/c1-4-19-14-6-5-12(11(2)15)9-13(14)10-20(16)7-8-21(3,17)18/h5-6,9H,4,7-8,10H2,1-3H3. The zero-order valence-electron chi connectivity index (χ0n) is 12.4. The number of ketones is 1. The van der Waals surface area contributed by atoms with Gasteiger partial charge in [0.15, 0.2) is 5.78 Å². The largest absolute Gasteiger partial charge is 0.494 e. The van der Waals surface area contributed by atoms with E-state index in [0.717, 1.165) is 6.26 Å². The lowest BCUT2D eigenvalue weighted by atomic mass is 10.1. The summed E-state index contributed by atoms with van der Waals surface area (Å²) < 4.78 is 39.7. The Bertz CT molecular complexity index is 635. The Labute approximate surface area is 128 Å². The first-order chi connectivity index (χ1) is 9.73. The van der Waals surface area contributed by atoms with Gasteiger partial charge < -0.3 is 4.74 Å². The zero-order valence-corrected chi connectivity index (χ0v) is 14.1. The van der Waals surface area contributed by atoms with E-state index in [1.807, 2.05) is 6.92 Å². The summed E-state index contributed by atoms with van der Waals surface area (Å²) in [6, 6.07) is 5.01. The van der Waals surface area contributed by atoms with Gasteiger partial charge in [-0.2, -0.15) is 0 Å². The summed E-state index contributed by atoms with van der Waals surface area (Å²) in [4.78, 5) is 11.4. The molecule has 1 aromatic carbocycles. The van der Waals surface area contributed by atoms with Gasteiger partial charge in [-0.3, -0.25) is 9.00 Å². The predicted molar refractivity (Wildman–Crippen MR) is 84.0 cm³/mol. The molecule has 0 spiro atoms. The summed E-state index contributed by atoms with van der Waals surface area (Å²) in [5, 5.41) is 0. The SMILES string of the molecule is CCOc1ccc(C(C)=O)cc1CS(=O)CCS(C)(=O)=O. The smallest absolute Gasteiger partial charge is 0.159 e. The molecule has 0 fully saturated rings. The number of sulfone groups is 1. The molecule has 1 aromatic rings. The van der Waals surface area contributed by atoms with E-state index in [-0.39, 0.29) is 23.0 Å². The third-order valence-electron chi connectivity index (χ3n) is 2.77. The van der Waals surface area contributed by atoms with Crippen LogP contribution in [-0.4, -0.2) is 42.8 Å². The number of Topliss-reactive ketones (excluding diaryl/α,β-unsaturated/α-hetero) is 1. The summed E-state index contributed by atoms with van der Waals surface area (Å²) in [6.45, 7) is 3.76. The third-order valence-corrected chi connectivity index (χ3v) is 5.26. The monoisotopic (exact) mass is 332 g/mol. The molecule has 1 unspecified atom stereocenters. The molecule has 0 aliphatic rings. The minimum Gasteiger partial charge on any atom is -0.494 e. The van der Waals surface area contributed by atoms with Crippen molar-refractivity contribution in [2.45, 2.75) is 19.6 Å². The van der Waals surface area contributed by atoms with Crippen LogP contribution >= 0.6 is 0 Å². The molecule has 21 heavy (non-hydrogen) atoms. The van der Waals surface area contributed by atoms with E-state index < -0.39 is 20.6 Å². The normalized spacial score (nSPS) is 12.9. The van der Waals surface area contributed by atoms with Gasteiger partial charge >= 0.3 is 0 Å². The Morgan fingerprint density at radius 2 is 2.00 bits per heavy atom. The van der Waals surface area contributed by atoms with Gasteiger partial charge in [-0.25, -0.2) is 8.42 Å². The lowest BCUT2D eigenvalue weighted by Gasteiger charge is -2.11. The van der Waals surface area contributed by atoms with Crippen LogP contribution in [0.2, 0.25) is 0 Å². The van der Waals surface area contributed by atoms with Crippen molar-refractivity contribution in [1.29, 1.82) is 0 Å². The minimum atomic E-state index is -3.13. The van der Waals surface area contributed by atoms with Crippen molar-refractivity contribution in [3.05, 3.63) is 29.3 Å². The number of hydrogen-bond donors (Lipinski definition) is 0. The van der Waals surface area contributed by atoms with Gasteiger partial charge in [-0.15, -0.1) is 0 Å². The van der Waals surface area contributed by atoms with Crippen LogP contribution in [0.1, 0.15) is 29.8 Å². The van der Waals surface area contributed by atoms with Crippen molar-refractivity contribution < 1.29 is 22.2 Å². The van der Waals surface area contributed by atoms with Crippen molar-refractivity contribution in [3.63, 3.8) is 0 Å². The second-order valence-corrected chi connectivity index (χ2v) is 8.57. The molecule has 7 heteroatoms. The van der Waals surface area contributed by atoms with Gasteiger partial charge in [0, 0.05) is 33.9 Å². The Hall–Kier alpha value is -1.21. The van der Waals surface area contributed by atoms with Crippen LogP contribution in [0.25, 0.3) is 0 Å². The van der Waals surface area contributed by atoms with Gasteiger partial charge in [0.05, 0.1) is 18.1 Å². The van der Waals surface area contributed by atoms with Gasteiger partial charge in [0.25, 0.3) is 0 Å². The molecule has 1 rings (SSSR count). The molecule has 1 atom stereocenters. The van der Waals surface area contributed by atoms with E-state index in [2.05, 4.69) is 0 Å². The van der Waals surface area contributed by atoms with Crippen molar-refractivity contribution in [1.82, 2.24) is 0 Å². The van der Waals surface area contributed by atoms with Crippen molar-refractivity contribution >= 4 is 26.4 Å². The fourth-order valence-electron chi connectivity index (χ4n) is 1.70. The van der Waals surface area contributed by atoms with Crippen LogP contribution in [0.4, 0.5) is 0 Å². The van der Waals surface area contributed by atoms with E-state index >= 15 is 0 Å². The quantitative estimate of drug-likeness (QED) is 0.676. The van der Waals surface area contributed by atoms with Gasteiger partial charge in [-0.05, 0) is 32.0 Å². The first-order valence-electron chi connectivity index (χ1n) is 6.52. The summed E-state index contributed by atoms with van der Waals surface area (Å²) >= 11 is 0. The van der Waals surface area contributed by atoms with Crippen LogP contribution in [0, 0.1) is 0 Å². The first kappa shape index (κ1) is 17.8. The molecule has 0 saturated heterocycles. The molecule has 0 radical (unpaired) electrons.